The molecule has 0 aliphatic rings. The topological polar surface area (TPSA) is 42.1 Å². The maximum absolute atomic E-state index is 5.81. The molecular weight excluding hydrogens is 326 g/mol. The fourth-order valence-corrected chi connectivity index (χ4v) is 2.70. The van der Waals surface area contributed by atoms with E-state index in [1.54, 1.807) is 0 Å². The normalized spacial score (nSPS) is 10.7. The first kappa shape index (κ1) is 16.0. The number of rotatable bonds is 6. The molecule has 0 aliphatic heterocycles. The minimum Gasteiger partial charge on any atom is -0.355 e. The Morgan fingerprint density at radius 2 is 2.00 bits per heavy atom. The summed E-state index contributed by atoms with van der Waals surface area (Å²) in [5, 5.41) is 0. The van der Waals surface area contributed by atoms with Crippen molar-refractivity contribution in [1.29, 1.82) is 0 Å². The Labute approximate surface area is 135 Å². The van der Waals surface area contributed by atoms with Crippen molar-refractivity contribution in [2.75, 3.05) is 11.9 Å². The molecule has 112 valence electrons. The molecule has 21 heavy (non-hydrogen) atoms. The van der Waals surface area contributed by atoms with Gasteiger partial charge in [0.05, 0.1) is 0 Å². The number of aromatic nitrogens is 1. The predicted molar refractivity (Wildman–Crippen MR) is 92.4 cm³/mol. The first-order chi connectivity index (χ1) is 10.1. The summed E-state index contributed by atoms with van der Waals surface area (Å²) in [5.41, 5.74) is 9.31. The van der Waals surface area contributed by atoms with Gasteiger partial charge in [0, 0.05) is 30.3 Å². The minimum atomic E-state index is 0.551. The summed E-state index contributed by atoms with van der Waals surface area (Å²) in [6.45, 7) is 3.53. The molecule has 0 radical (unpaired) electrons. The van der Waals surface area contributed by atoms with Crippen molar-refractivity contribution in [3.8, 4) is 0 Å². The van der Waals surface area contributed by atoms with Gasteiger partial charge in [0.1, 0.15) is 5.82 Å². The molecular formula is C17H22BrN3. The van der Waals surface area contributed by atoms with E-state index >= 15 is 0 Å². The van der Waals surface area contributed by atoms with Gasteiger partial charge in [-0.1, -0.05) is 47.5 Å². The van der Waals surface area contributed by atoms with E-state index in [2.05, 4.69) is 65.1 Å². The third-order valence-electron chi connectivity index (χ3n) is 3.42. The van der Waals surface area contributed by atoms with Gasteiger partial charge in [0.25, 0.3) is 0 Å². The third-order valence-corrected chi connectivity index (χ3v) is 4.20. The standard InChI is InChI=1S/C17H22BrN3/c1-3-6-15-9-13(11-19)10-17(20-15)21(2)12-14-7-4-5-8-16(14)18/h4-5,7-10H,3,6,11-12,19H2,1-2H3. The van der Waals surface area contributed by atoms with Crippen molar-refractivity contribution in [1.82, 2.24) is 4.98 Å². The van der Waals surface area contributed by atoms with Crippen molar-refractivity contribution in [3.05, 3.63) is 57.7 Å². The van der Waals surface area contributed by atoms with Crippen molar-refractivity contribution in [2.24, 2.45) is 5.73 Å². The van der Waals surface area contributed by atoms with Crippen LogP contribution in [0.15, 0.2) is 40.9 Å². The maximum Gasteiger partial charge on any atom is 0.129 e. The van der Waals surface area contributed by atoms with Crippen molar-refractivity contribution >= 4 is 21.7 Å². The van der Waals surface area contributed by atoms with Crippen LogP contribution in [0.4, 0.5) is 5.82 Å². The van der Waals surface area contributed by atoms with Crippen LogP contribution in [-0.2, 0) is 19.5 Å². The van der Waals surface area contributed by atoms with Crippen LogP contribution in [0.25, 0.3) is 0 Å². The van der Waals surface area contributed by atoms with E-state index in [0.717, 1.165) is 40.9 Å². The van der Waals surface area contributed by atoms with E-state index in [-0.39, 0.29) is 0 Å². The zero-order valence-corrected chi connectivity index (χ0v) is 14.2. The lowest BCUT2D eigenvalue weighted by Gasteiger charge is -2.20. The highest BCUT2D eigenvalue weighted by Crippen LogP contribution is 2.21. The first-order valence-electron chi connectivity index (χ1n) is 7.28. The van der Waals surface area contributed by atoms with Gasteiger partial charge in [0.15, 0.2) is 0 Å². The van der Waals surface area contributed by atoms with Crippen LogP contribution in [0.5, 0.6) is 0 Å². The first-order valence-corrected chi connectivity index (χ1v) is 8.07. The monoisotopic (exact) mass is 347 g/mol. The molecule has 0 bridgehead atoms. The van der Waals surface area contributed by atoms with Crippen LogP contribution in [0.1, 0.15) is 30.2 Å². The summed E-state index contributed by atoms with van der Waals surface area (Å²) < 4.78 is 1.13. The Hall–Kier alpha value is -1.39. The average Bonchev–Trinajstić information content (AvgIpc) is 2.49. The Morgan fingerprint density at radius 1 is 1.24 bits per heavy atom. The molecule has 1 heterocycles. The highest BCUT2D eigenvalue weighted by molar-refractivity contribution is 9.10. The molecule has 1 aromatic carbocycles. The van der Waals surface area contributed by atoms with Gasteiger partial charge in [-0.3, -0.25) is 0 Å². The molecule has 1 aromatic heterocycles. The molecule has 0 unspecified atom stereocenters. The Balaban J connectivity index is 2.23. The SMILES string of the molecule is CCCc1cc(CN)cc(N(C)Cc2ccccc2Br)n1. The Bertz CT molecular complexity index is 598. The number of nitrogens with two attached hydrogens (primary N) is 1. The molecule has 0 saturated carbocycles. The van der Waals surface area contributed by atoms with Crippen LogP contribution >= 0.6 is 15.9 Å². The van der Waals surface area contributed by atoms with Gasteiger partial charge in [-0.05, 0) is 35.7 Å². The number of hydrogen-bond donors (Lipinski definition) is 1. The van der Waals surface area contributed by atoms with Crippen molar-refractivity contribution in [3.63, 3.8) is 0 Å². The second kappa shape index (κ2) is 7.57. The van der Waals surface area contributed by atoms with E-state index in [0.29, 0.717) is 6.54 Å². The van der Waals surface area contributed by atoms with Crippen LogP contribution in [0, 0.1) is 0 Å². The van der Waals surface area contributed by atoms with Gasteiger partial charge in [-0.2, -0.15) is 0 Å². The second-order valence-corrected chi connectivity index (χ2v) is 6.08. The lowest BCUT2D eigenvalue weighted by Crippen LogP contribution is -2.19. The quantitative estimate of drug-likeness (QED) is 0.861. The van der Waals surface area contributed by atoms with Gasteiger partial charge in [0.2, 0.25) is 0 Å². The number of pyridine rings is 1. The van der Waals surface area contributed by atoms with E-state index < -0.39 is 0 Å². The zero-order valence-electron chi connectivity index (χ0n) is 12.6. The number of nitrogens with zero attached hydrogens (tertiary/aromatic N) is 2. The summed E-state index contributed by atoms with van der Waals surface area (Å²) in [6.07, 6.45) is 2.08. The number of benzene rings is 1. The number of hydrogen-bond acceptors (Lipinski definition) is 3. The van der Waals surface area contributed by atoms with E-state index in [1.165, 1.54) is 5.56 Å². The molecule has 2 aromatic rings. The zero-order chi connectivity index (χ0) is 15.2. The smallest absolute Gasteiger partial charge is 0.129 e. The minimum absolute atomic E-state index is 0.551. The summed E-state index contributed by atoms with van der Waals surface area (Å²) in [4.78, 5) is 6.92. The molecule has 0 spiro atoms. The summed E-state index contributed by atoms with van der Waals surface area (Å²) in [7, 11) is 2.07. The molecule has 2 N–H and O–H groups in total. The Morgan fingerprint density at radius 3 is 2.67 bits per heavy atom. The molecule has 0 atom stereocenters. The largest absolute Gasteiger partial charge is 0.355 e. The molecule has 0 aliphatic carbocycles. The van der Waals surface area contributed by atoms with Crippen LogP contribution in [0.3, 0.4) is 0 Å². The fourth-order valence-electron chi connectivity index (χ4n) is 2.29. The third kappa shape index (κ3) is 4.29. The second-order valence-electron chi connectivity index (χ2n) is 5.23. The van der Waals surface area contributed by atoms with E-state index in [1.807, 2.05) is 6.07 Å². The van der Waals surface area contributed by atoms with E-state index in [9.17, 15) is 0 Å². The molecule has 3 nitrogen and oxygen atoms in total. The van der Waals surface area contributed by atoms with Crippen LogP contribution in [-0.4, -0.2) is 12.0 Å². The van der Waals surface area contributed by atoms with Crippen molar-refractivity contribution < 1.29 is 0 Å². The van der Waals surface area contributed by atoms with Crippen LogP contribution < -0.4 is 10.6 Å². The van der Waals surface area contributed by atoms with Crippen molar-refractivity contribution in [2.45, 2.75) is 32.9 Å². The highest BCUT2D eigenvalue weighted by Gasteiger charge is 2.09. The van der Waals surface area contributed by atoms with Gasteiger partial charge < -0.3 is 10.6 Å². The molecule has 0 saturated heterocycles. The fraction of sp³-hybridized carbons (Fsp3) is 0.353. The van der Waals surface area contributed by atoms with Gasteiger partial charge in [-0.15, -0.1) is 0 Å². The molecule has 0 fully saturated rings. The number of aryl methyl sites for hydroxylation is 1. The summed E-state index contributed by atoms with van der Waals surface area (Å²) in [5.74, 6) is 0.983. The summed E-state index contributed by atoms with van der Waals surface area (Å²) in [6, 6.07) is 12.5. The number of anilines is 1. The predicted octanol–water partition coefficient (Wildman–Crippen LogP) is 3.89. The van der Waals surface area contributed by atoms with E-state index in [4.69, 9.17) is 10.7 Å². The highest BCUT2D eigenvalue weighted by atomic mass is 79.9. The number of halogens is 1. The lowest BCUT2D eigenvalue weighted by atomic mass is 10.1. The Kier molecular flexibility index (Phi) is 5.76. The van der Waals surface area contributed by atoms with Crippen LogP contribution in [0.2, 0.25) is 0 Å². The molecule has 2 rings (SSSR count). The average molecular weight is 348 g/mol. The van der Waals surface area contributed by atoms with Gasteiger partial charge in [-0.25, -0.2) is 4.98 Å². The lowest BCUT2D eigenvalue weighted by molar-refractivity contribution is 0.841. The maximum atomic E-state index is 5.81. The summed E-state index contributed by atoms with van der Waals surface area (Å²) >= 11 is 3.60. The molecule has 4 heteroatoms. The molecule has 0 amide bonds. The van der Waals surface area contributed by atoms with Gasteiger partial charge >= 0.3 is 0 Å².